The molecule has 0 aliphatic carbocycles. The number of carbonyl (C=O) groups excluding carboxylic acids is 3. The average Bonchev–Trinajstić information content (AvgIpc) is 2.49. The van der Waals surface area contributed by atoms with E-state index in [0.717, 1.165) is 0 Å². The van der Waals surface area contributed by atoms with Crippen LogP contribution in [0.3, 0.4) is 0 Å². The summed E-state index contributed by atoms with van der Waals surface area (Å²) in [6.07, 6.45) is 0.846. The van der Waals surface area contributed by atoms with Gasteiger partial charge in [-0.05, 0) is 27.7 Å². The molecule has 1 rings (SSSR count). The van der Waals surface area contributed by atoms with Crippen molar-refractivity contribution in [1.82, 2.24) is 16.0 Å². The smallest absolute Gasteiger partial charge is 0.407 e. The molecule has 1 aromatic carbocycles. The topological polar surface area (TPSA) is 96.5 Å². The quantitative estimate of drug-likeness (QED) is 0.263. The number of ether oxygens (including phenoxy) is 1. The van der Waals surface area contributed by atoms with E-state index in [0.29, 0.717) is 0 Å². The van der Waals surface area contributed by atoms with E-state index in [1.165, 1.54) is 12.0 Å². The summed E-state index contributed by atoms with van der Waals surface area (Å²) < 4.78 is 4.98. The van der Waals surface area contributed by atoms with Gasteiger partial charge in [-0.3, -0.25) is 4.79 Å². The van der Waals surface area contributed by atoms with Crippen LogP contribution in [0.1, 0.15) is 26.3 Å². The number of alkyl carbamates (subject to hydrolysis) is 1. The van der Waals surface area contributed by atoms with Crippen LogP contribution in [0.25, 0.3) is 0 Å². The third-order valence-corrected chi connectivity index (χ3v) is 2.38. The van der Waals surface area contributed by atoms with Gasteiger partial charge in [0.1, 0.15) is 5.60 Å². The molecule has 0 fully saturated rings. The Hall–Kier alpha value is -3.57. The number of benzene rings is 1. The predicted octanol–water partition coefficient (Wildman–Crippen LogP) is 1.28. The molecule has 0 radical (unpaired) electrons. The Morgan fingerprint density at radius 3 is 2.08 bits per heavy atom. The first-order valence-corrected chi connectivity index (χ1v) is 7.60. The van der Waals surface area contributed by atoms with Gasteiger partial charge in [0.2, 0.25) is 5.91 Å². The average molecular weight is 593 g/mol. The van der Waals surface area contributed by atoms with Crippen molar-refractivity contribution < 1.29 is 19.1 Å². The van der Waals surface area contributed by atoms with Crippen molar-refractivity contribution >= 4 is 18.4 Å². The standard InChI is InChI=1S/C10H18N3O4.C7H8.Fm/c1-10(2,3)17-9(16)13-5-4-12-8(15)6-11-7-14;1-7-5-3-2-4-6-7;/h4-6H2,1-3H3,(H,11,14)(H,12,15)(H,13,16);2-6H,1H3;/q-1;;. The second-order valence-electron chi connectivity index (χ2n) is 5.89. The molecule has 0 bridgehead atoms. The van der Waals surface area contributed by atoms with E-state index < -0.39 is 11.7 Å². The Morgan fingerprint density at radius 2 is 1.64 bits per heavy atom. The van der Waals surface area contributed by atoms with Crippen molar-refractivity contribution in [3.05, 3.63) is 35.9 Å². The fraction of sp³-hybridized carbons (Fsp3) is 0.471. The summed E-state index contributed by atoms with van der Waals surface area (Å²) in [5, 5.41) is 7.06. The molecule has 0 heterocycles. The number of nitrogens with one attached hydrogen (secondary N) is 3. The van der Waals surface area contributed by atoms with Crippen molar-refractivity contribution in [1.29, 1.82) is 0 Å². The predicted molar refractivity (Wildman–Crippen MR) is 92.1 cm³/mol. The second-order valence-corrected chi connectivity index (χ2v) is 5.89. The second kappa shape index (κ2) is 12.9. The van der Waals surface area contributed by atoms with Gasteiger partial charge in [0.05, 0.1) is 6.54 Å². The zero-order valence-electron chi connectivity index (χ0n) is 14.9. The van der Waals surface area contributed by atoms with Crippen LogP contribution in [-0.2, 0) is 14.3 Å². The third-order valence-electron chi connectivity index (χ3n) is 2.38. The molecule has 7 nitrogen and oxygen atoms in total. The number of aryl methyl sites for hydroxylation is 1. The van der Waals surface area contributed by atoms with Crippen molar-refractivity contribution in [2.45, 2.75) is 33.3 Å². The summed E-state index contributed by atoms with van der Waals surface area (Å²) in [7, 11) is 0. The SMILES string of the molecule is CC(C)(C)OC(=O)NCCNC(=O)CN[C-]=O.Cc1ccccc1.[Fm]. The molecule has 146 valence electrons. The molecule has 3 N–H and O–H groups in total. The van der Waals surface area contributed by atoms with Gasteiger partial charge in [-0.25, -0.2) is 4.79 Å². The molecular formula is C17H26FmN3O4-. The normalized spacial score (nSPS) is 9.44. The molecule has 0 saturated heterocycles. The summed E-state index contributed by atoms with van der Waals surface area (Å²) in [6.45, 7) is 7.75. The van der Waals surface area contributed by atoms with E-state index in [1.807, 2.05) is 18.2 Å². The monoisotopic (exact) mass is 593 g/mol. The third kappa shape index (κ3) is 16.6. The van der Waals surface area contributed by atoms with Gasteiger partial charge in [-0.2, -0.15) is 6.41 Å². The van der Waals surface area contributed by atoms with Crippen molar-refractivity contribution in [3.63, 3.8) is 0 Å². The van der Waals surface area contributed by atoms with Crippen LogP contribution < -0.4 is 16.0 Å². The summed E-state index contributed by atoms with van der Waals surface area (Å²) in [5.74, 6) is -0.348. The number of amides is 3. The fourth-order valence-electron chi connectivity index (χ4n) is 1.39. The molecule has 1 aromatic rings. The van der Waals surface area contributed by atoms with Crippen molar-refractivity contribution in [2.24, 2.45) is 0 Å². The van der Waals surface area contributed by atoms with Gasteiger partial charge in [0, 0.05) is 13.1 Å². The number of rotatable bonds is 6. The summed E-state index contributed by atoms with van der Waals surface area (Å²) in [6, 6.07) is 10.3. The maximum atomic E-state index is 11.2. The van der Waals surface area contributed by atoms with Crippen LogP contribution in [0.2, 0.25) is 0 Å². The van der Waals surface area contributed by atoms with Gasteiger partial charge >= 0.3 is 6.09 Å². The Balaban J connectivity index is 0. The molecular weight excluding hydrogens is 567 g/mol. The van der Waals surface area contributed by atoms with Crippen molar-refractivity contribution in [2.75, 3.05) is 19.6 Å². The van der Waals surface area contributed by atoms with Gasteiger partial charge in [-0.15, -0.1) is 0 Å². The molecule has 8 heteroatoms. The van der Waals surface area contributed by atoms with Gasteiger partial charge in [-0.1, -0.05) is 35.9 Å². The Kier molecular flexibility index (Phi) is 12.2. The number of hydrogen-bond acceptors (Lipinski definition) is 4. The zero-order valence-corrected chi connectivity index (χ0v) is 17.3. The minimum atomic E-state index is -0.545. The van der Waals surface area contributed by atoms with E-state index in [2.05, 4.69) is 35.0 Å². The molecule has 25 heavy (non-hydrogen) atoms. The van der Waals surface area contributed by atoms with Crippen LogP contribution in [0, 0.1) is 6.92 Å². The number of carbonyl (C=O) groups is 2. The summed E-state index contributed by atoms with van der Waals surface area (Å²) in [4.78, 5) is 31.9. The summed E-state index contributed by atoms with van der Waals surface area (Å²) >= 11 is 0. The maximum Gasteiger partial charge on any atom is 0.407 e. The van der Waals surface area contributed by atoms with Crippen LogP contribution in [0.4, 0.5) is 4.79 Å². The fourth-order valence-corrected chi connectivity index (χ4v) is 1.39. The van der Waals surface area contributed by atoms with Crippen LogP contribution >= 0.6 is 0 Å². The van der Waals surface area contributed by atoms with Gasteiger partial charge in [0.25, 0.3) is 0 Å². The van der Waals surface area contributed by atoms with Crippen LogP contribution in [-0.4, -0.2) is 43.6 Å². The van der Waals surface area contributed by atoms with E-state index in [-0.39, 0.29) is 25.5 Å². The maximum absolute atomic E-state index is 11.2. The van der Waals surface area contributed by atoms with E-state index >= 15 is 0 Å². The minimum Gasteiger partial charge on any atom is -0.522 e. The van der Waals surface area contributed by atoms with Crippen LogP contribution in [0.5, 0.6) is 0 Å². The molecule has 0 aliphatic rings. The van der Waals surface area contributed by atoms with Gasteiger partial charge in [0.15, 0.2) is 0 Å². The zero-order chi connectivity index (χ0) is 18.4. The van der Waals surface area contributed by atoms with Crippen molar-refractivity contribution in [3.8, 4) is 0 Å². The first kappa shape index (κ1) is 23.7. The first-order valence-electron chi connectivity index (χ1n) is 7.60. The minimum absolute atomic E-state index is 0. The molecule has 0 aromatic heterocycles. The number of hydrogen-bond donors (Lipinski definition) is 3. The van der Waals surface area contributed by atoms with Crippen LogP contribution in [0.15, 0.2) is 30.3 Å². The van der Waals surface area contributed by atoms with E-state index in [9.17, 15) is 14.4 Å². The first-order chi connectivity index (χ1) is 11.2. The Bertz CT molecular complexity index is 504. The Morgan fingerprint density at radius 1 is 1.08 bits per heavy atom. The van der Waals surface area contributed by atoms with E-state index in [4.69, 9.17) is 4.74 Å². The molecule has 0 atom stereocenters. The molecule has 0 saturated carbocycles. The molecule has 0 spiro atoms. The van der Waals surface area contributed by atoms with Gasteiger partial charge < -0.3 is 25.5 Å². The summed E-state index contributed by atoms with van der Waals surface area (Å²) in [5.41, 5.74) is 0.777. The Labute approximate surface area is 143 Å². The molecule has 3 amide bonds. The van der Waals surface area contributed by atoms with E-state index in [1.54, 1.807) is 20.8 Å². The molecule has 0 aliphatic heterocycles. The largest absolute Gasteiger partial charge is 0.522 e. The molecule has 0 unspecified atom stereocenters.